The number of hydrogen-bond acceptors (Lipinski definition) is 3. The SMILES string of the molecule is CCNC(=NCC1(c2cccc(F)c2)CC1)NCC1CN(C)CCN1C.I. The van der Waals surface area contributed by atoms with E-state index in [0.717, 1.165) is 57.1 Å². The lowest BCUT2D eigenvalue weighted by molar-refractivity contribution is 0.116. The molecule has 0 radical (unpaired) electrons. The first-order valence-electron chi connectivity index (χ1n) is 9.69. The first-order valence-corrected chi connectivity index (χ1v) is 9.69. The minimum absolute atomic E-state index is 0. The molecule has 2 aliphatic rings. The number of guanidine groups is 1. The molecule has 0 spiro atoms. The summed E-state index contributed by atoms with van der Waals surface area (Å²) in [5.41, 5.74) is 1.09. The minimum Gasteiger partial charge on any atom is -0.357 e. The van der Waals surface area contributed by atoms with E-state index in [1.165, 1.54) is 6.07 Å². The Hall–Kier alpha value is -0.930. The molecule has 0 amide bonds. The average Bonchev–Trinajstić information content (AvgIpc) is 3.41. The van der Waals surface area contributed by atoms with Crippen molar-refractivity contribution in [1.29, 1.82) is 0 Å². The molecule has 1 atom stereocenters. The van der Waals surface area contributed by atoms with Gasteiger partial charge >= 0.3 is 0 Å². The third kappa shape index (κ3) is 6.02. The predicted molar refractivity (Wildman–Crippen MR) is 121 cm³/mol. The summed E-state index contributed by atoms with van der Waals surface area (Å²) >= 11 is 0. The van der Waals surface area contributed by atoms with Crippen LogP contribution in [0.3, 0.4) is 0 Å². The first-order chi connectivity index (χ1) is 12.5. The van der Waals surface area contributed by atoms with Gasteiger partial charge in [-0.2, -0.15) is 0 Å². The van der Waals surface area contributed by atoms with E-state index in [2.05, 4.69) is 41.5 Å². The fourth-order valence-corrected chi connectivity index (χ4v) is 3.62. The lowest BCUT2D eigenvalue weighted by atomic mass is 9.96. The Bertz CT molecular complexity index is 635. The number of nitrogens with one attached hydrogen (secondary N) is 2. The number of piperazine rings is 1. The number of benzene rings is 1. The van der Waals surface area contributed by atoms with Gasteiger partial charge in [-0.05, 0) is 51.6 Å². The van der Waals surface area contributed by atoms with Gasteiger partial charge in [-0.1, -0.05) is 12.1 Å². The number of hydrogen-bond donors (Lipinski definition) is 2. The highest BCUT2D eigenvalue weighted by atomic mass is 127. The minimum atomic E-state index is -0.160. The Labute approximate surface area is 179 Å². The van der Waals surface area contributed by atoms with Crippen molar-refractivity contribution in [3.8, 4) is 0 Å². The third-order valence-electron chi connectivity index (χ3n) is 5.66. The Morgan fingerprint density at radius 2 is 2.04 bits per heavy atom. The summed E-state index contributed by atoms with van der Waals surface area (Å²) in [6.45, 7) is 7.77. The van der Waals surface area contributed by atoms with Gasteiger partial charge in [-0.3, -0.25) is 9.89 Å². The molecule has 3 rings (SSSR count). The van der Waals surface area contributed by atoms with Crippen molar-refractivity contribution in [2.75, 3.05) is 53.4 Å². The van der Waals surface area contributed by atoms with Crippen molar-refractivity contribution in [3.05, 3.63) is 35.6 Å². The molecule has 1 heterocycles. The van der Waals surface area contributed by atoms with Crippen LogP contribution in [0.2, 0.25) is 0 Å². The Kier molecular flexibility index (Phi) is 8.30. The highest BCUT2D eigenvalue weighted by molar-refractivity contribution is 14.0. The molecule has 5 nitrogen and oxygen atoms in total. The Morgan fingerprint density at radius 1 is 1.26 bits per heavy atom. The molecule has 1 saturated heterocycles. The lowest BCUT2D eigenvalue weighted by Crippen LogP contribution is -2.55. The van der Waals surface area contributed by atoms with E-state index in [1.54, 1.807) is 12.1 Å². The van der Waals surface area contributed by atoms with Crippen molar-refractivity contribution in [2.24, 2.45) is 4.99 Å². The molecule has 27 heavy (non-hydrogen) atoms. The molecule has 2 N–H and O–H groups in total. The van der Waals surface area contributed by atoms with E-state index < -0.39 is 0 Å². The van der Waals surface area contributed by atoms with Crippen LogP contribution in [0.1, 0.15) is 25.3 Å². The Morgan fingerprint density at radius 3 is 2.70 bits per heavy atom. The van der Waals surface area contributed by atoms with E-state index in [4.69, 9.17) is 4.99 Å². The number of aliphatic imine (C=N–C) groups is 1. The van der Waals surface area contributed by atoms with Crippen LogP contribution in [0.15, 0.2) is 29.3 Å². The monoisotopic (exact) mass is 489 g/mol. The van der Waals surface area contributed by atoms with Crippen LogP contribution >= 0.6 is 24.0 Å². The second kappa shape index (κ2) is 10.0. The highest BCUT2D eigenvalue weighted by Crippen LogP contribution is 2.48. The zero-order valence-corrected chi connectivity index (χ0v) is 19.0. The molecule has 1 aromatic rings. The molecule has 1 saturated carbocycles. The molecule has 7 heteroatoms. The summed E-state index contributed by atoms with van der Waals surface area (Å²) in [6, 6.07) is 7.48. The van der Waals surface area contributed by atoms with Crippen LogP contribution in [-0.4, -0.2) is 75.2 Å². The molecule has 1 unspecified atom stereocenters. The smallest absolute Gasteiger partial charge is 0.191 e. The summed E-state index contributed by atoms with van der Waals surface area (Å²) in [7, 11) is 4.36. The van der Waals surface area contributed by atoms with Gasteiger partial charge in [0.1, 0.15) is 5.82 Å². The number of likely N-dealkylation sites (N-methyl/N-ethyl adjacent to an activating group) is 2. The number of halogens is 2. The van der Waals surface area contributed by atoms with Crippen LogP contribution in [-0.2, 0) is 5.41 Å². The van der Waals surface area contributed by atoms with Gasteiger partial charge in [0.15, 0.2) is 5.96 Å². The molecule has 1 aromatic carbocycles. The molecule has 152 valence electrons. The summed E-state index contributed by atoms with van der Waals surface area (Å²) in [5.74, 6) is 0.698. The normalized spacial score (nSPS) is 22.8. The topological polar surface area (TPSA) is 42.9 Å². The lowest BCUT2D eigenvalue weighted by Gasteiger charge is -2.38. The van der Waals surface area contributed by atoms with Crippen LogP contribution in [0.4, 0.5) is 4.39 Å². The third-order valence-corrected chi connectivity index (χ3v) is 5.66. The summed E-state index contributed by atoms with van der Waals surface area (Å²) < 4.78 is 13.6. The van der Waals surface area contributed by atoms with Crippen molar-refractivity contribution in [1.82, 2.24) is 20.4 Å². The van der Waals surface area contributed by atoms with Gasteiger partial charge in [-0.15, -0.1) is 24.0 Å². The number of nitrogens with zero attached hydrogens (tertiary/aromatic N) is 3. The molecule has 2 fully saturated rings. The zero-order chi connectivity index (χ0) is 18.6. The number of rotatable bonds is 6. The van der Waals surface area contributed by atoms with Crippen molar-refractivity contribution >= 4 is 29.9 Å². The van der Waals surface area contributed by atoms with E-state index in [0.29, 0.717) is 12.6 Å². The predicted octanol–water partition coefficient (Wildman–Crippen LogP) is 2.28. The van der Waals surface area contributed by atoms with Gasteiger partial charge in [0.05, 0.1) is 6.54 Å². The molecular formula is C20H33FIN5. The largest absolute Gasteiger partial charge is 0.357 e. The summed E-state index contributed by atoms with van der Waals surface area (Å²) in [5, 5.41) is 6.85. The van der Waals surface area contributed by atoms with Crippen LogP contribution in [0.5, 0.6) is 0 Å². The van der Waals surface area contributed by atoms with Gasteiger partial charge in [0, 0.05) is 44.2 Å². The standard InChI is InChI=1S/C20H32FN5.HI/c1-4-22-19(23-13-18-14-25(2)10-11-26(18)3)24-15-20(8-9-20)16-6-5-7-17(21)12-16;/h5-7,12,18H,4,8-11,13-15H2,1-3H3,(H2,22,23,24);1H. The second-order valence-corrected chi connectivity index (χ2v) is 7.76. The van der Waals surface area contributed by atoms with Gasteiger partial charge in [-0.25, -0.2) is 4.39 Å². The van der Waals surface area contributed by atoms with Crippen LogP contribution in [0, 0.1) is 5.82 Å². The highest BCUT2D eigenvalue weighted by Gasteiger charge is 2.44. The summed E-state index contributed by atoms with van der Waals surface area (Å²) in [4.78, 5) is 9.60. The van der Waals surface area contributed by atoms with E-state index >= 15 is 0 Å². The summed E-state index contributed by atoms with van der Waals surface area (Å²) in [6.07, 6.45) is 2.16. The molecule has 1 aliphatic carbocycles. The quantitative estimate of drug-likeness (QED) is 0.366. The maximum absolute atomic E-state index is 13.6. The van der Waals surface area contributed by atoms with E-state index in [-0.39, 0.29) is 35.2 Å². The van der Waals surface area contributed by atoms with Gasteiger partial charge < -0.3 is 15.5 Å². The maximum atomic E-state index is 13.6. The first kappa shape index (κ1) is 22.4. The molecule has 0 aromatic heterocycles. The van der Waals surface area contributed by atoms with E-state index in [9.17, 15) is 4.39 Å². The second-order valence-electron chi connectivity index (χ2n) is 7.76. The maximum Gasteiger partial charge on any atom is 0.191 e. The fourth-order valence-electron chi connectivity index (χ4n) is 3.62. The Balaban J connectivity index is 0.00000261. The fraction of sp³-hybridized carbons (Fsp3) is 0.650. The van der Waals surface area contributed by atoms with Gasteiger partial charge in [0.25, 0.3) is 0 Å². The van der Waals surface area contributed by atoms with Gasteiger partial charge in [0.2, 0.25) is 0 Å². The molecular weight excluding hydrogens is 456 g/mol. The van der Waals surface area contributed by atoms with Crippen LogP contribution in [0.25, 0.3) is 0 Å². The average molecular weight is 489 g/mol. The van der Waals surface area contributed by atoms with Crippen molar-refractivity contribution in [3.63, 3.8) is 0 Å². The van der Waals surface area contributed by atoms with Crippen LogP contribution < -0.4 is 10.6 Å². The van der Waals surface area contributed by atoms with E-state index in [1.807, 2.05) is 6.07 Å². The van der Waals surface area contributed by atoms with Crippen molar-refractivity contribution in [2.45, 2.75) is 31.2 Å². The molecule has 0 bridgehead atoms. The molecule has 1 aliphatic heterocycles. The zero-order valence-electron chi connectivity index (χ0n) is 16.7. The van der Waals surface area contributed by atoms with Crippen molar-refractivity contribution < 1.29 is 4.39 Å².